The van der Waals surface area contributed by atoms with Gasteiger partial charge in [-0.15, -0.1) is 10.2 Å². The van der Waals surface area contributed by atoms with E-state index in [1.807, 2.05) is 13.8 Å². The lowest BCUT2D eigenvalue weighted by Crippen LogP contribution is -2.24. The average molecular weight is 277 g/mol. The van der Waals surface area contributed by atoms with Crippen molar-refractivity contribution in [2.24, 2.45) is 0 Å². The van der Waals surface area contributed by atoms with Crippen LogP contribution in [0.25, 0.3) is 0 Å². The maximum atomic E-state index is 11.5. The zero-order chi connectivity index (χ0) is 13.1. The molecule has 0 aromatic carbocycles. The molecule has 0 saturated heterocycles. The molecule has 0 fully saturated rings. The van der Waals surface area contributed by atoms with E-state index in [0.29, 0.717) is 12.2 Å². The fraction of sp³-hybridized carbons (Fsp3) is 0.545. The highest BCUT2D eigenvalue weighted by molar-refractivity contribution is 6.31. The van der Waals surface area contributed by atoms with Crippen LogP contribution >= 0.6 is 23.2 Å². The molecule has 6 heteroatoms. The van der Waals surface area contributed by atoms with Gasteiger partial charge < -0.3 is 4.74 Å². The summed E-state index contributed by atoms with van der Waals surface area (Å²) in [5.74, 6) is -0.276. The Kier molecular flexibility index (Phi) is 4.71. The normalized spacial score (nSPS) is 11.4. The molecule has 0 radical (unpaired) electrons. The van der Waals surface area contributed by atoms with Crippen molar-refractivity contribution in [2.45, 2.75) is 32.6 Å². The van der Waals surface area contributed by atoms with E-state index >= 15 is 0 Å². The van der Waals surface area contributed by atoms with Gasteiger partial charge in [0.1, 0.15) is 0 Å². The molecule has 0 amide bonds. The van der Waals surface area contributed by atoms with Crippen molar-refractivity contribution in [2.75, 3.05) is 6.61 Å². The highest BCUT2D eigenvalue weighted by Crippen LogP contribution is 2.32. The number of hydrogen-bond acceptors (Lipinski definition) is 4. The average Bonchev–Trinajstić information content (AvgIpc) is 2.21. The van der Waals surface area contributed by atoms with Crippen molar-refractivity contribution in [3.63, 3.8) is 0 Å². The van der Waals surface area contributed by atoms with Crippen LogP contribution in [-0.4, -0.2) is 22.8 Å². The fourth-order valence-electron chi connectivity index (χ4n) is 1.50. The van der Waals surface area contributed by atoms with Gasteiger partial charge in [0.25, 0.3) is 0 Å². The molecule has 17 heavy (non-hydrogen) atoms. The van der Waals surface area contributed by atoms with Gasteiger partial charge in [-0.2, -0.15) is 0 Å². The SMILES string of the molecule is CCOC(=O)CC(C)(C)c1cc(Cl)nnc1Cl. The topological polar surface area (TPSA) is 52.1 Å². The second-order valence-corrected chi connectivity index (χ2v) is 4.98. The summed E-state index contributed by atoms with van der Waals surface area (Å²) < 4.78 is 4.92. The Morgan fingerprint density at radius 2 is 2.06 bits per heavy atom. The predicted octanol–water partition coefficient (Wildman–Crippen LogP) is 3.01. The molecule has 1 aromatic rings. The van der Waals surface area contributed by atoms with Crippen LogP contribution in [0.5, 0.6) is 0 Å². The molecule has 1 rings (SSSR count). The summed E-state index contributed by atoms with van der Waals surface area (Å²) in [6.07, 6.45) is 0.211. The molecule has 94 valence electrons. The van der Waals surface area contributed by atoms with Gasteiger partial charge in [0.2, 0.25) is 0 Å². The van der Waals surface area contributed by atoms with Gasteiger partial charge in [-0.25, -0.2) is 0 Å². The third-order valence-corrected chi connectivity index (χ3v) is 2.80. The second-order valence-electron chi connectivity index (χ2n) is 4.24. The number of halogens is 2. The van der Waals surface area contributed by atoms with E-state index in [4.69, 9.17) is 27.9 Å². The first-order chi connectivity index (χ1) is 7.86. The third-order valence-electron chi connectivity index (χ3n) is 2.34. The number of aromatic nitrogens is 2. The third kappa shape index (κ3) is 3.82. The molecule has 0 unspecified atom stereocenters. The van der Waals surface area contributed by atoms with Gasteiger partial charge >= 0.3 is 5.97 Å². The maximum Gasteiger partial charge on any atom is 0.306 e. The van der Waals surface area contributed by atoms with E-state index < -0.39 is 5.41 Å². The molecule has 0 atom stereocenters. The van der Waals surface area contributed by atoms with Crippen molar-refractivity contribution in [3.8, 4) is 0 Å². The number of hydrogen-bond donors (Lipinski definition) is 0. The lowest BCUT2D eigenvalue weighted by molar-refractivity contribution is -0.144. The van der Waals surface area contributed by atoms with Crippen molar-refractivity contribution in [1.29, 1.82) is 0 Å². The van der Waals surface area contributed by atoms with Crippen LogP contribution in [0.15, 0.2) is 6.07 Å². The van der Waals surface area contributed by atoms with Crippen LogP contribution in [0.3, 0.4) is 0 Å². The lowest BCUT2D eigenvalue weighted by Gasteiger charge is -2.24. The van der Waals surface area contributed by atoms with Crippen LogP contribution < -0.4 is 0 Å². The summed E-state index contributed by atoms with van der Waals surface area (Å²) >= 11 is 11.7. The standard InChI is InChI=1S/C11H14Cl2N2O2/c1-4-17-9(16)6-11(2,3)7-5-8(12)14-15-10(7)13/h5H,4,6H2,1-3H3. The Labute approximate surface area is 110 Å². The van der Waals surface area contributed by atoms with Gasteiger partial charge in [0.15, 0.2) is 10.3 Å². The van der Waals surface area contributed by atoms with E-state index in [-0.39, 0.29) is 22.7 Å². The zero-order valence-electron chi connectivity index (χ0n) is 9.96. The lowest BCUT2D eigenvalue weighted by atomic mass is 9.83. The van der Waals surface area contributed by atoms with E-state index in [1.54, 1.807) is 13.0 Å². The Bertz CT molecular complexity index is 422. The number of nitrogens with zero attached hydrogens (tertiary/aromatic N) is 2. The Balaban J connectivity index is 2.95. The minimum atomic E-state index is -0.497. The van der Waals surface area contributed by atoms with E-state index in [0.717, 1.165) is 0 Å². The molecule has 0 N–H and O–H groups in total. The first kappa shape index (κ1) is 14.2. The number of carbonyl (C=O) groups excluding carboxylic acids is 1. The fourth-order valence-corrected chi connectivity index (χ4v) is 1.99. The van der Waals surface area contributed by atoms with Crippen molar-refractivity contribution in [1.82, 2.24) is 10.2 Å². The number of rotatable bonds is 4. The van der Waals surface area contributed by atoms with Gasteiger partial charge in [-0.05, 0) is 13.0 Å². The maximum absolute atomic E-state index is 11.5. The molecule has 0 aliphatic heterocycles. The van der Waals surface area contributed by atoms with Gasteiger partial charge in [0.05, 0.1) is 13.0 Å². The summed E-state index contributed by atoms with van der Waals surface area (Å²) in [6.45, 7) is 5.88. The summed E-state index contributed by atoms with van der Waals surface area (Å²) in [4.78, 5) is 11.5. The zero-order valence-corrected chi connectivity index (χ0v) is 11.5. The van der Waals surface area contributed by atoms with E-state index in [2.05, 4.69) is 10.2 Å². The van der Waals surface area contributed by atoms with Crippen LogP contribution in [-0.2, 0) is 14.9 Å². The second kappa shape index (κ2) is 5.65. The highest BCUT2D eigenvalue weighted by atomic mass is 35.5. The molecule has 1 heterocycles. The van der Waals surface area contributed by atoms with Gasteiger partial charge in [-0.3, -0.25) is 4.79 Å². The molecule has 0 aliphatic rings. The Morgan fingerprint density at radius 1 is 1.41 bits per heavy atom. The number of esters is 1. The molecule has 0 saturated carbocycles. The van der Waals surface area contributed by atoms with Gasteiger partial charge in [-0.1, -0.05) is 37.0 Å². The molecular weight excluding hydrogens is 263 g/mol. The quantitative estimate of drug-likeness (QED) is 0.794. The van der Waals surface area contributed by atoms with Crippen LogP contribution in [0.4, 0.5) is 0 Å². The Hall–Kier alpha value is -0.870. The minimum absolute atomic E-state index is 0.211. The van der Waals surface area contributed by atoms with Crippen LogP contribution in [0.2, 0.25) is 10.3 Å². The van der Waals surface area contributed by atoms with Crippen LogP contribution in [0.1, 0.15) is 32.8 Å². The largest absolute Gasteiger partial charge is 0.466 e. The first-order valence-corrected chi connectivity index (χ1v) is 5.97. The smallest absolute Gasteiger partial charge is 0.306 e. The summed E-state index contributed by atoms with van der Waals surface area (Å²) in [7, 11) is 0. The van der Waals surface area contributed by atoms with E-state index in [1.165, 1.54) is 0 Å². The minimum Gasteiger partial charge on any atom is -0.466 e. The molecule has 0 aliphatic carbocycles. The molecule has 1 aromatic heterocycles. The van der Waals surface area contributed by atoms with Crippen molar-refractivity contribution >= 4 is 29.2 Å². The number of ether oxygens (including phenoxy) is 1. The summed E-state index contributed by atoms with van der Waals surface area (Å²) in [6, 6.07) is 1.62. The predicted molar refractivity (Wildman–Crippen MR) is 66.3 cm³/mol. The summed E-state index contributed by atoms with van der Waals surface area (Å²) in [5.41, 5.74) is 0.190. The van der Waals surface area contributed by atoms with Crippen molar-refractivity contribution in [3.05, 3.63) is 21.9 Å². The Morgan fingerprint density at radius 3 is 2.65 bits per heavy atom. The van der Waals surface area contributed by atoms with Crippen molar-refractivity contribution < 1.29 is 9.53 Å². The molecule has 4 nitrogen and oxygen atoms in total. The molecular formula is C11H14Cl2N2O2. The number of carbonyl (C=O) groups is 1. The molecule has 0 bridgehead atoms. The first-order valence-electron chi connectivity index (χ1n) is 5.21. The van der Waals surface area contributed by atoms with E-state index in [9.17, 15) is 4.79 Å². The van der Waals surface area contributed by atoms with Gasteiger partial charge in [0, 0.05) is 11.0 Å². The van der Waals surface area contributed by atoms with Crippen LogP contribution in [0, 0.1) is 0 Å². The summed E-state index contributed by atoms with van der Waals surface area (Å²) in [5, 5.41) is 7.87. The highest BCUT2D eigenvalue weighted by Gasteiger charge is 2.28. The monoisotopic (exact) mass is 276 g/mol. The molecule has 0 spiro atoms.